The monoisotopic (exact) mass is 539 g/mol. The fraction of sp³-hybridized carbons (Fsp3) is 0.600. The molecule has 2 heterocycles. The van der Waals surface area contributed by atoms with Crippen molar-refractivity contribution in [1.82, 2.24) is 14.9 Å². The van der Waals surface area contributed by atoms with Gasteiger partial charge in [0.15, 0.2) is 0 Å². The van der Waals surface area contributed by atoms with Crippen molar-refractivity contribution in [3.8, 4) is 0 Å². The van der Waals surface area contributed by atoms with Gasteiger partial charge in [-0.1, -0.05) is 44.0 Å². The van der Waals surface area contributed by atoms with E-state index in [1.807, 2.05) is 52.0 Å². The Morgan fingerprint density at radius 1 is 1.08 bits per heavy atom. The molecular formula is C30H45N5O4. The highest BCUT2D eigenvalue weighted by Gasteiger charge is 2.27. The third-order valence-corrected chi connectivity index (χ3v) is 6.80. The Morgan fingerprint density at radius 3 is 2.38 bits per heavy atom. The van der Waals surface area contributed by atoms with Crippen LogP contribution in [0.4, 0.5) is 16.6 Å². The second-order valence-corrected chi connectivity index (χ2v) is 11.4. The minimum absolute atomic E-state index is 0.227. The molecule has 0 saturated carbocycles. The van der Waals surface area contributed by atoms with Gasteiger partial charge in [-0.3, -0.25) is 4.79 Å². The molecule has 0 spiro atoms. The van der Waals surface area contributed by atoms with E-state index in [2.05, 4.69) is 22.2 Å². The van der Waals surface area contributed by atoms with E-state index in [1.165, 1.54) is 6.42 Å². The van der Waals surface area contributed by atoms with Gasteiger partial charge in [0.25, 0.3) is 0 Å². The molecule has 1 aromatic carbocycles. The Morgan fingerprint density at radius 2 is 1.74 bits per heavy atom. The number of hydrogen-bond donors (Lipinski definition) is 2. The molecule has 0 radical (unpaired) electrons. The summed E-state index contributed by atoms with van der Waals surface area (Å²) >= 11 is 0. The van der Waals surface area contributed by atoms with Gasteiger partial charge in [-0.25, -0.2) is 9.78 Å². The van der Waals surface area contributed by atoms with Gasteiger partial charge in [-0.05, 0) is 64.0 Å². The van der Waals surface area contributed by atoms with Gasteiger partial charge in [0, 0.05) is 37.3 Å². The van der Waals surface area contributed by atoms with Crippen molar-refractivity contribution in [2.75, 3.05) is 37.3 Å². The average molecular weight is 540 g/mol. The maximum absolute atomic E-state index is 12.5. The summed E-state index contributed by atoms with van der Waals surface area (Å²) in [6.45, 7) is 12.2. The molecule has 1 saturated heterocycles. The number of unbranched alkanes of at least 4 members (excludes halogenated alkanes) is 2. The minimum atomic E-state index is -0.501. The lowest BCUT2D eigenvalue weighted by Gasteiger charge is -2.33. The van der Waals surface area contributed by atoms with E-state index in [0.29, 0.717) is 26.1 Å². The van der Waals surface area contributed by atoms with Crippen LogP contribution in [0.3, 0.4) is 0 Å². The van der Waals surface area contributed by atoms with Crippen molar-refractivity contribution >= 4 is 23.8 Å². The Balaban J connectivity index is 1.46. The van der Waals surface area contributed by atoms with Crippen molar-refractivity contribution in [3.63, 3.8) is 0 Å². The molecule has 1 fully saturated rings. The highest BCUT2D eigenvalue weighted by Crippen LogP contribution is 2.23. The van der Waals surface area contributed by atoms with Gasteiger partial charge >= 0.3 is 12.1 Å². The van der Waals surface area contributed by atoms with Gasteiger partial charge in [0.05, 0.1) is 13.0 Å². The number of carbonyl (C=O) groups is 2. The van der Waals surface area contributed by atoms with Gasteiger partial charge in [0.2, 0.25) is 5.95 Å². The summed E-state index contributed by atoms with van der Waals surface area (Å²) in [6, 6.07) is 8.01. The zero-order valence-electron chi connectivity index (χ0n) is 24.2. The maximum atomic E-state index is 12.5. The first-order valence-corrected chi connectivity index (χ1v) is 14.1. The number of likely N-dealkylation sites (tertiary alicyclic amines) is 1. The number of aromatic nitrogens is 2. The third kappa shape index (κ3) is 10.0. The van der Waals surface area contributed by atoms with Crippen molar-refractivity contribution < 1.29 is 19.1 Å². The molecule has 1 aliphatic rings. The third-order valence-electron chi connectivity index (χ3n) is 6.80. The van der Waals surface area contributed by atoms with Crippen LogP contribution in [0.1, 0.15) is 82.2 Å². The first-order chi connectivity index (χ1) is 18.5. The standard InChI is InChI=1S/C30H45N5O4/c1-6-7-8-15-32-27-25(21(2)33-28(31)34-27)18-22-9-11-23(12-10-22)19-26(36)38-20-24-13-16-35(17-14-24)29(37)39-30(3,4)5/h9-12,24H,6-8,13-20H2,1-5H3,(H3,31,32,33,34). The first kappa shape index (κ1) is 30.2. The zero-order chi connectivity index (χ0) is 28.4. The van der Waals surface area contributed by atoms with Crippen LogP contribution in [0.25, 0.3) is 0 Å². The van der Waals surface area contributed by atoms with Crippen LogP contribution in [0.5, 0.6) is 0 Å². The molecule has 9 heteroatoms. The Hall–Kier alpha value is -3.36. The molecule has 1 aliphatic heterocycles. The highest BCUT2D eigenvalue weighted by atomic mass is 16.6. The molecule has 0 unspecified atom stereocenters. The van der Waals surface area contributed by atoms with Crippen LogP contribution in [0.2, 0.25) is 0 Å². The minimum Gasteiger partial charge on any atom is -0.465 e. The molecule has 0 aliphatic carbocycles. The van der Waals surface area contributed by atoms with E-state index in [-0.39, 0.29) is 30.3 Å². The van der Waals surface area contributed by atoms with Crippen LogP contribution in [-0.4, -0.2) is 58.8 Å². The SMILES string of the molecule is CCCCCNc1nc(N)nc(C)c1Cc1ccc(CC(=O)OCC2CCN(C(=O)OC(C)(C)C)CC2)cc1. The lowest BCUT2D eigenvalue weighted by atomic mass is 9.98. The number of nitrogens with zero attached hydrogens (tertiary/aromatic N) is 3. The second-order valence-electron chi connectivity index (χ2n) is 11.4. The Kier molecular flexibility index (Phi) is 10.9. The number of aryl methyl sites for hydroxylation is 1. The smallest absolute Gasteiger partial charge is 0.410 e. The van der Waals surface area contributed by atoms with Crippen molar-refractivity contribution in [2.24, 2.45) is 5.92 Å². The van der Waals surface area contributed by atoms with Crippen molar-refractivity contribution in [3.05, 3.63) is 46.6 Å². The molecule has 3 rings (SSSR count). The Bertz CT molecular complexity index is 1090. The van der Waals surface area contributed by atoms with Crippen LogP contribution >= 0.6 is 0 Å². The van der Waals surface area contributed by atoms with E-state index >= 15 is 0 Å². The van der Waals surface area contributed by atoms with Crippen LogP contribution in [-0.2, 0) is 27.1 Å². The van der Waals surface area contributed by atoms with E-state index in [4.69, 9.17) is 15.2 Å². The summed E-state index contributed by atoms with van der Waals surface area (Å²) in [4.78, 5) is 35.2. The lowest BCUT2D eigenvalue weighted by molar-refractivity contribution is -0.144. The van der Waals surface area contributed by atoms with Gasteiger partial charge in [-0.2, -0.15) is 4.98 Å². The first-order valence-electron chi connectivity index (χ1n) is 14.1. The van der Waals surface area contributed by atoms with Crippen LogP contribution in [0.15, 0.2) is 24.3 Å². The topological polar surface area (TPSA) is 120 Å². The van der Waals surface area contributed by atoms with E-state index in [1.54, 1.807) is 4.90 Å². The number of amides is 1. The molecule has 1 aromatic heterocycles. The van der Waals surface area contributed by atoms with Gasteiger partial charge in [-0.15, -0.1) is 0 Å². The summed E-state index contributed by atoms with van der Waals surface area (Å²) < 4.78 is 11.0. The number of nitrogens with one attached hydrogen (secondary N) is 1. The lowest BCUT2D eigenvalue weighted by Crippen LogP contribution is -2.42. The fourth-order valence-electron chi connectivity index (χ4n) is 4.57. The number of esters is 1. The summed E-state index contributed by atoms with van der Waals surface area (Å²) in [7, 11) is 0. The fourth-order valence-corrected chi connectivity index (χ4v) is 4.57. The number of nitrogens with two attached hydrogens (primary N) is 1. The number of hydrogen-bond acceptors (Lipinski definition) is 8. The largest absolute Gasteiger partial charge is 0.465 e. The molecule has 214 valence electrons. The van der Waals surface area contributed by atoms with Crippen molar-refractivity contribution in [1.29, 1.82) is 0 Å². The second kappa shape index (κ2) is 14.1. The number of piperidine rings is 1. The summed E-state index contributed by atoms with van der Waals surface area (Å²) in [6.07, 6.45) is 5.62. The van der Waals surface area contributed by atoms with Crippen LogP contribution in [0, 0.1) is 12.8 Å². The molecule has 0 bridgehead atoms. The molecule has 1 amide bonds. The number of rotatable bonds is 11. The van der Waals surface area contributed by atoms with Crippen LogP contribution < -0.4 is 11.1 Å². The summed E-state index contributed by atoms with van der Waals surface area (Å²) in [5.74, 6) is 1.08. The quantitative estimate of drug-likeness (QED) is 0.292. The molecule has 9 nitrogen and oxygen atoms in total. The van der Waals surface area contributed by atoms with Gasteiger partial charge < -0.3 is 25.4 Å². The number of carbonyl (C=O) groups excluding carboxylic acids is 2. The summed E-state index contributed by atoms with van der Waals surface area (Å²) in [5.41, 5.74) is 9.32. The molecule has 3 N–H and O–H groups in total. The molecule has 2 aromatic rings. The van der Waals surface area contributed by atoms with Crippen molar-refractivity contribution in [2.45, 2.75) is 85.2 Å². The zero-order valence-corrected chi connectivity index (χ0v) is 24.2. The molecule has 0 atom stereocenters. The normalized spacial score (nSPS) is 14.2. The number of nitrogen functional groups attached to an aromatic ring is 1. The molecular weight excluding hydrogens is 494 g/mol. The Labute approximate surface area is 232 Å². The van der Waals surface area contributed by atoms with E-state index in [0.717, 1.165) is 60.4 Å². The number of anilines is 2. The number of ether oxygens (including phenoxy) is 2. The number of benzene rings is 1. The maximum Gasteiger partial charge on any atom is 0.410 e. The summed E-state index contributed by atoms with van der Waals surface area (Å²) in [5, 5.41) is 3.43. The average Bonchev–Trinajstić information content (AvgIpc) is 2.87. The predicted molar refractivity (Wildman–Crippen MR) is 154 cm³/mol. The predicted octanol–water partition coefficient (Wildman–Crippen LogP) is 5.29. The van der Waals surface area contributed by atoms with E-state index in [9.17, 15) is 9.59 Å². The van der Waals surface area contributed by atoms with Gasteiger partial charge in [0.1, 0.15) is 11.4 Å². The van der Waals surface area contributed by atoms with E-state index < -0.39 is 5.60 Å². The molecule has 39 heavy (non-hydrogen) atoms. The highest BCUT2D eigenvalue weighted by molar-refractivity contribution is 5.72.